The highest BCUT2D eigenvalue weighted by Crippen LogP contribution is 2.38. The Morgan fingerprint density at radius 1 is 1.12 bits per heavy atom. The summed E-state index contributed by atoms with van der Waals surface area (Å²) in [7, 11) is 0. The van der Waals surface area contributed by atoms with Crippen molar-refractivity contribution in [3.63, 3.8) is 0 Å². The maximum absolute atomic E-state index is 13.0. The third kappa shape index (κ3) is 4.79. The molecule has 0 radical (unpaired) electrons. The molecule has 3 aromatic rings. The second-order valence-electron chi connectivity index (χ2n) is 7.86. The van der Waals surface area contributed by atoms with E-state index in [4.69, 9.17) is 11.6 Å². The van der Waals surface area contributed by atoms with Crippen molar-refractivity contribution in [3.05, 3.63) is 86.8 Å². The number of aromatic carboxylic acids is 1. The first-order valence-corrected chi connectivity index (χ1v) is 11.9. The largest absolute Gasteiger partial charge is 0.478 e. The first-order valence-electron chi connectivity index (χ1n) is 10.7. The monoisotopic (exact) mass is 482 g/mol. The lowest BCUT2D eigenvalue weighted by molar-refractivity contribution is -0.117. The number of fused-ring (bicyclic) bond motifs is 1. The predicted octanol–water partition coefficient (Wildman–Crippen LogP) is 5.43. The molecule has 170 valence electrons. The Morgan fingerprint density at radius 2 is 1.82 bits per heavy atom. The second-order valence-corrected chi connectivity index (χ2v) is 9.40. The third-order valence-corrected chi connectivity index (χ3v) is 7.20. The third-order valence-electron chi connectivity index (χ3n) is 5.81. The quantitative estimate of drug-likeness (QED) is 0.490. The van der Waals surface area contributed by atoms with Crippen molar-refractivity contribution >= 4 is 45.7 Å². The van der Waals surface area contributed by atoms with Gasteiger partial charge in [-0.2, -0.15) is 0 Å². The van der Waals surface area contributed by atoms with Gasteiger partial charge in [-0.05, 0) is 48.2 Å². The van der Waals surface area contributed by atoms with Crippen molar-refractivity contribution in [2.45, 2.75) is 32.2 Å². The average Bonchev–Trinajstić information content (AvgIpc) is 3.17. The van der Waals surface area contributed by atoms with Gasteiger partial charge < -0.3 is 15.3 Å². The van der Waals surface area contributed by atoms with E-state index in [0.29, 0.717) is 47.1 Å². The number of hydrogen-bond donors (Lipinski definition) is 2. The van der Waals surface area contributed by atoms with Gasteiger partial charge in [-0.25, -0.2) is 4.79 Å². The molecule has 2 aromatic carbocycles. The standard InChI is InChI=1S/C25H23ClN2O4S/c1-2-18(15-6-4-3-5-7-15)22(29)27-23-21(25(31)32)19-12-13-28(14-20(19)33-23)24(30)16-8-10-17(26)11-9-16/h3-11,18H,2,12-14H2,1H3,(H,27,29)(H,31,32). The number of nitrogens with zero attached hydrogens (tertiary/aromatic N) is 1. The van der Waals surface area contributed by atoms with Crippen LogP contribution in [0.25, 0.3) is 0 Å². The normalized spacial score (nSPS) is 13.8. The van der Waals surface area contributed by atoms with Gasteiger partial charge >= 0.3 is 5.97 Å². The lowest BCUT2D eigenvalue weighted by atomic mass is 9.95. The Morgan fingerprint density at radius 3 is 2.45 bits per heavy atom. The summed E-state index contributed by atoms with van der Waals surface area (Å²) in [5, 5.41) is 13.6. The topological polar surface area (TPSA) is 86.7 Å². The number of carbonyl (C=O) groups is 3. The molecule has 0 spiro atoms. The fraction of sp³-hybridized carbons (Fsp3) is 0.240. The smallest absolute Gasteiger partial charge is 0.339 e. The molecule has 1 aliphatic heterocycles. The van der Waals surface area contributed by atoms with Crippen molar-refractivity contribution in [2.24, 2.45) is 0 Å². The van der Waals surface area contributed by atoms with Gasteiger partial charge in [-0.3, -0.25) is 9.59 Å². The zero-order valence-electron chi connectivity index (χ0n) is 18.0. The summed E-state index contributed by atoms with van der Waals surface area (Å²) in [6, 6.07) is 16.1. The number of nitrogens with one attached hydrogen (secondary N) is 1. The Labute approximate surface area is 200 Å². The van der Waals surface area contributed by atoms with Crippen LogP contribution >= 0.6 is 22.9 Å². The highest BCUT2D eigenvalue weighted by Gasteiger charge is 2.31. The molecule has 1 unspecified atom stereocenters. The summed E-state index contributed by atoms with van der Waals surface area (Å²) in [5.74, 6) is -1.83. The van der Waals surface area contributed by atoms with E-state index in [1.165, 1.54) is 11.3 Å². The molecule has 0 saturated carbocycles. The van der Waals surface area contributed by atoms with E-state index in [-0.39, 0.29) is 23.3 Å². The van der Waals surface area contributed by atoms with Gasteiger partial charge in [0.05, 0.1) is 18.0 Å². The van der Waals surface area contributed by atoms with Crippen molar-refractivity contribution in [1.29, 1.82) is 0 Å². The van der Waals surface area contributed by atoms with Gasteiger partial charge in [-0.1, -0.05) is 48.9 Å². The van der Waals surface area contributed by atoms with Gasteiger partial charge in [0.25, 0.3) is 5.91 Å². The van der Waals surface area contributed by atoms with Crippen LogP contribution in [0, 0.1) is 0 Å². The lowest BCUT2D eigenvalue weighted by Crippen LogP contribution is -2.35. The van der Waals surface area contributed by atoms with Crippen molar-refractivity contribution < 1.29 is 19.5 Å². The van der Waals surface area contributed by atoms with Gasteiger partial charge in [0, 0.05) is 22.0 Å². The minimum absolute atomic E-state index is 0.129. The first kappa shape index (κ1) is 23.0. The summed E-state index contributed by atoms with van der Waals surface area (Å²) in [6.07, 6.45) is 1.01. The molecule has 33 heavy (non-hydrogen) atoms. The fourth-order valence-electron chi connectivity index (χ4n) is 4.12. The van der Waals surface area contributed by atoms with E-state index >= 15 is 0 Å². The molecule has 1 atom stereocenters. The molecule has 2 amide bonds. The molecule has 2 N–H and O–H groups in total. The Balaban J connectivity index is 1.58. The molecular formula is C25H23ClN2O4S. The highest BCUT2D eigenvalue weighted by atomic mass is 35.5. The number of amides is 2. The first-order chi connectivity index (χ1) is 15.9. The number of thiophene rings is 1. The fourth-order valence-corrected chi connectivity index (χ4v) is 5.51. The van der Waals surface area contributed by atoms with E-state index < -0.39 is 5.97 Å². The summed E-state index contributed by atoms with van der Waals surface area (Å²) < 4.78 is 0. The van der Waals surface area contributed by atoms with Crippen LogP contribution in [0.15, 0.2) is 54.6 Å². The Hall–Kier alpha value is -3.16. The van der Waals surface area contributed by atoms with E-state index in [9.17, 15) is 19.5 Å². The summed E-state index contributed by atoms with van der Waals surface area (Å²) in [5.41, 5.74) is 2.23. The molecule has 8 heteroatoms. The van der Waals surface area contributed by atoms with Crippen molar-refractivity contribution in [2.75, 3.05) is 11.9 Å². The molecule has 0 aliphatic carbocycles. The van der Waals surface area contributed by atoms with Gasteiger partial charge in [0.15, 0.2) is 0 Å². The van der Waals surface area contributed by atoms with Crippen molar-refractivity contribution in [3.8, 4) is 0 Å². The van der Waals surface area contributed by atoms with Crippen LogP contribution in [-0.2, 0) is 17.8 Å². The van der Waals surface area contributed by atoms with Gasteiger partial charge in [0.2, 0.25) is 5.91 Å². The minimum Gasteiger partial charge on any atom is -0.478 e. The number of rotatable bonds is 6. The number of anilines is 1. The lowest BCUT2D eigenvalue weighted by Gasteiger charge is -2.27. The van der Waals surface area contributed by atoms with Crippen molar-refractivity contribution in [1.82, 2.24) is 4.90 Å². The van der Waals surface area contributed by atoms with Crippen LogP contribution in [0.1, 0.15) is 56.0 Å². The summed E-state index contributed by atoms with van der Waals surface area (Å²) in [6.45, 7) is 2.63. The van der Waals surface area contributed by atoms with Gasteiger partial charge in [-0.15, -0.1) is 11.3 Å². The number of carboxylic acid groups (broad SMARTS) is 1. The van der Waals surface area contributed by atoms with Gasteiger partial charge in [0.1, 0.15) is 5.00 Å². The molecular weight excluding hydrogens is 460 g/mol. The van der Waals surface area contributed by atoms with E-state index in [1.54, 1.807) is 29.2 Å². The molecule has 0 bridgehead atoms. The van der Waals surface area contributed by atoms with Crippen LogP contribution in [0.3, 0.4) is 0 Å². The molecule has 0 fully saturated rings. The van der Waals surface area contributed by atoms with Crippen LogP contribution in [0.5, 0.6) is 0 Å². The molecule has 2 heterocycles. The van der Waals surface area contributed by atoms with Crippen LogP contribution < -0.4 is 5.32 Å². The minimum atomic E-state index is -1.08. The predicted molar refractivity (Wildman–Crippen MR) is 129 cm³/mol. The molecule has 1 aliphatic rings. The Bertz CT molecular complexity index is 1190. The molecule has 0 saturated heterocycles. The molecule has 1 aromatic heterocycles. The zero-order chi connectivity index (χ0) is 23.5. The van der Waals surface area contributed by atoms with E-state index in [2.05, 4.69) is 5.32 Å². The number of hydrogen-bond acceptors (Lipinski definition) is 4. The highest BCUT2D eigenvalue weighted by molar-refractivity contribution is 7.17. The summed E-state index contributed by atoms with van der Waals surface area (Å²) >= 11 is 7.15. The van der Waals surface area contributed by atoms with Crippen LogP contribution in [-0.4, -0.2) is 34.3 Å². The maximum atomic E-state index is 13.0. The molecule has 6 nitrogen and oxygen atoms in total. The number of carboxylic acids is 1. The van der Waals surface area contributed by atoms with E-state index in [1.807, 2.05) is 37.3 Å². The zero-order valence-corrected chi connectivity index (χ0v) is 19.6. The number of carbonyl (C=O) groups excluding carboxylic acids is 2. The molecule has 4 rings (SSSR count). The summed E-state index contributed by atoms with van der Waals surface area (Å²) in [4.78, 5) is 40.5. The number of benzene rings is 2. The average molecular weight is 483 g/mol. The second kappa shape index (κ2) is 9.77. The maximum Gasteiger partial charge on any atom is 0.339 e. The Kier molecular flexibility index (Phi) is 6.81. The van der Waals surface area contributed by atoms with Crippen LogP contribution in [0.4, 0.5) is 5.00 Å². The number of halogens is 1. The van der Waals surface area contributed by atoms with E-state index in [0.717, 1.165) is 10.4 Å². The van der Waals surface area contributed by atoms with Crippen LogP contribution in [0.2, 0.25) is 5.02 Å². The SMILES string of the molecule is CCC(C(=O)Nc1sc2c(c1C(=O)O)CCN(C(=O)c1ccc(Cl)cc1)C2)c1ccccc1.